The molecule has 0 saturated heterocycles. The summed E-state index contributed by atoms with van der Waals surface area (Å²) in [7, 11) is 0. The Morgan fingerprint density at radius 3 is 1.60 bits per heavy atom. The number of benzene rings is 1. The first-order chi connectivity index (χ1) is 4.39. The lowest BCUT2D eigenvalue weighted by atomic mass is 10.2. The average Bonchev–Trinajstić information content (AvgIpc) is 1.94. The van der Waals surface area contributed by atoms with Crippen LogP contribution >= 0.6 is 12.4 Å². The zero-order valence-electron chi connectivity index (χ0n) is 6.21. The van der Waals surface area contributed by atoms with Gasteiger partial charge in [0.15, 0.2) is 0 Å². The van der Waals surface area contributed by atoms with Crippen molar-refractivity contribution in [3.05, 3.63) is 49.1 Å². The molecular formula is C9H13Cl. The Balaban J connectivity index is 0. The SMILES string of the molecule is C=C.Cc1ccccc1.Cl. The summed E-state index contributed by atoms with van der Waals surface area (Å²) in [6.45, 7) is 8.08. The molecule has 0 nitrogen and oxygen atoms in total. The topological polar surface area (TPSA) is 0 Å². The Morgan fingerprint density at radius 1 is 1.00 bits per heavy atom. The van der Waals surface area contributed by atoms with Gasteiger partial charge in [-0.05, 0) is 6.92 Å². The van der Waals surface area contributed by atoms with Gasteiger partial charge in [-0.1, -0.05) is 35.9 Å². The lowest BCUT2D eigenvalue weighted by Gasteiger charge is -1.82. The Labute approximate surface area is 69.0 Å². The van der Waals surface area contributed by atoms with Gasteiger partial charge in [0.2, 0.25) is 0 Å². The van der Waals surface area contributed by atoms with Crippen molar-refractivity contribution in [1.29, 1.82) is 0 Å². The second-order valence-electron chi connectivity index (χ2n) is 1.65. The van der Waals surface area contributed by atoms with E-state index in [9.17, 15) is 0 Å². The summed E-state index contributed by atoms with van der Waals surface area (Å²) >= 11 is 0. The largest absolute Gasteiger partial charge is 0.147 e. The maximum absolute atomic E-state index is 3.00. The van der Waals surface area contributed by atoms with Crippen molar-refractivity contribution in [2.24, 2.45) is 0 Å². The highest BCUT2D eigenvalue weighted by atomic mass is 35.5. The summed E-state index contributed by atoms with van der Waals surface area (Å²) in [5.41, 5.74) is 1.32. The molecule has 0 aliphatic rings. The molecule has 0 amide bonds. The number of aryl methyl sites for hydroxylation is 1. The first-order valence-electron chi connectivity index (χ1n) is 2.91. The first kappa shape index (κ1) is 12.0. The fourth-order valence-electron chi connectivity index (χ4n) is 0.534. The van der Waals surface area contributed by atoms with Crippen LogP contribution in [0.25, 0.3) is 0 Å². The van der Waals surface area contributed by atoms with Crippen LogP contribution in [0.3, 0.4) is 0 Å². The lowest BCUT2D eigenvalue weighted by molar-refractivity contribution is 1.48. The van der Waals surface area contributed by atoms with Gasteiger partial charge >= 0.3 is 0 Å². The van der Waals surface area contributed by atoms with Crippen LogP contribution in [-0.2, 0) is 0 Å². The Kier molecular flexibility index (Phi) is 9.88. The quantitative estimate of drug-likeness (QED) is 0.506. The van der Waals surface area contributed by atoms with Crippen molar-refractivity contribution in [2.75, 3.05) is 0 Å². The molecular weight excluding hydrogens is 144 g/mol. The van der Waals surface area contributed by atoms with Gasteiger partial charge in [0, 0.05) is 0 Å². The molecule has 0 fully saturated rings. The zero-order chi connectivity index (χ0) is 7.11. The monoisotopic (exact) mass is 156 g/mol. The summed E-state index contributed by atoms with van der Waals surface area (Å²) in [4.78, 5) is 0. The van der Waals surface area contributed by atoms with E-state index in [4.69, 9.17) is 0 Å². The molecule has 0 aliphatic carbocycles. The third-order valence-electron chi connectivity index (χ3n) is 0.940. The second kappa shape index (κ2) is 8.25. The molecule has 1 rings (SSSR count). The molecule has 0 atom stereocenters. The van der Waals surface area contributed by atoms with Crippen LogP contribution in [0.4, 0.5) is 0 Å². The van der Waals surface area contributed by atoms with E-state index in [1.54, 1.807) is 0 Å². The molecule has 0 unspecified atom stereocenters. The normalized spacial score (nSPS) is 6.50. The van der Waals surface area contributed by atoms with Gasteiger partial charge in [-0.15, -0.1) is 25.6 Å². The zero-order valence-corrected chi connectivity index (χ0v) is 7.03. The van der Waals surface area contributed by atoms with Crippen LogP contribution < -0.4 is 0 Å². The van der Waals surface area contributed by atoms with E-state index in [1.165, 1.54) is 5.56 Å². The van der Waals surface area contributed by atoms with Gasteiger partial charge in [0.05, 0.1) is 0 Å². The van der Waals surface area contributed by atoms with Crippen molar-refractivity contribution in [2.45, 2.75) is 6.92 Å². The number of hydrogen-bond donors (Lipinski definition) is 0. The molecule has 0 heterocycles. The third-order valence-corrected chi connectivity index (χ3v) is 0.940. The van der Waals surface area contributed by atoms with Crippen LogP contribution in [0.5, 0.6) is 0 Å². The van der Waals surface area contributed by atoms with Crippen LogP contribution in [-0.4, -0.2) is 0 Å². The van der Waals surface area contributed by atoms with Crippen molar-refractivity contribution in [3.8, 4) is 0 Å². The van der Waals surface area contributed by atoms with Gasteiger partial charge in [-0.2, -0.15) is 0 Å². The molecule has 0 saturated carbocycles. The first-order valence-corrected chi connectivity index (χ1v) is 2.91. The summed E-state index contributed by atoms with van der Waals surface area (Å²) < 4.78 is 0. The predicted octanol–water partition coefficient (Wildman–Crippen LogP) is 3.22. The molecule has 1 aromatic rings. The molecule has 0 spiro atoms. The summed E-state index contributed by atoms with van der Waals surface area (Å²) in [6.07, 6.45) is 0. The second-order valence-corrected chi connectivity index (χ2v) is 1.65. The van der Waals surface area contributed by atoms with E-state index in [1.807, 2.05) is 18.2 Å². The molecule has 1 aromatic carbocycles. The molecule has 56 valence electrons. The fourth-order valence-corrected chi connectivity index (χ4v) is 0.534. The highest BCUT2D eigenvalue weighted by Gasteiger charge is 1.72. The summed E-state index contributed by atoms with van der Waals surface area (Å²) in [6, 6.07) is 10.3. The van der Waals surface area contributed by atoms with Gasteiger partial charge < -0.3 is 0 Å². The van der Waals surface area contributed by atoms with Crippen molar-refractivity contribution < 1.29 is 0 Å². The van der Waals surface area contributed by atoms with E-state index < -0.39 is 0 Å². The lowest BCUT2D eigenvalue weighted by Crippen LogP contribution is -1.62. The number of hydrogen-bond acceptors (Lipinski definition) is 0. The van der Waals surface area contributed by atoms with Crippen LogP contribution in [0, 0.1) is 6.92 Å². The fraction of sp³-hybridized carbons (Fsp3) is 0.111. The molecule has 0 radical (unpaired) electrons. The maximum Gasteiger partial charge on any atom is -0.0398 e. The molecule has 0 N–H and O–H groups in total. The van der Waals surface area contributed by atoms with Crippen molar-refractivity contribution >= 4 is 12.4 Å². The molecule has 0 aliphatic heterocycles. The van der Waals surface area contributed by atoms with Crippen LogP contribution in [0.2, 0.25) is 0 Å². The van der Waals surface area contributed by atoms with E-state index in [0.29, 0.717) is 0 Å². The average molecular weight is 157 g/mol. The summed E-state index contributed by atoms with van der Waals surface area (Å²) in [5.74, 6) is 0. The standard InChI is InChI=1S/C7H8.C2H4.ClH/c1-7-5-3-2-4-6-7;1-2;/h2-6H,1H3;1-2H2;1H. The predicted molar refractivity (Wildman–Crippen MR) is 49.7 cm³/mol. The van der Waals surface area contributed by atoms with Crippen molar-refractivity contribution in [3.63, 3.8) is 0 Å². The molecule has 0 aromatic heterocycles. The third kappa shape index (κ3) is 5.39. The number of rotatable bonds is 0. The Bertz CT molecular complexity index is 146. The Hall–Kier alpha value is -0.750. The molecule has 0 bridgehead atoms. The highest BCUT2D eigenvalue weighted by molar-refractivity contribution is 5.85. The van der Waals surface area contributed by atoms with Gasteiger partial charge in [0.1, 0.15) is 0 Å². The molecule has 1 heteroatoms. The van der Waals surface area contributed by atoms with E-state index in [-0.39, 0.29) is 12.4 Å². The minimum atomic E-state index is 0. The minimum absolute atomic E-state index is 0. The smallest absolute Gasteiger partial charge is 0.0398 e. The van der Waals surface area contributed by atoms with Gasteiger partial charge in [-0.25, -0.2) is 0 Å². The maximum atomic E-state index is 3.00. The number of halogens is 1. The van der Waals surface area contributed by atoms with Gasteiger partial charge in [0.25, 0.3) is 0 Å². The van der Waals surface area contributed by atoms with E-state index >= 15 is 0 Å². The Morgan fingerprint density at radius 2 is 1.40 bits per heavy atom. The minimum Gasteiger partial charge on any atom is -0.147 e. The van der Waals surface area contributed by atoms with Crippen LogP contribution in [0.1, 0.15) is 5.56 Å². The highest BCUT2D eigenvalue weighted by Crippen LogP contribution is 1.92. The van der Waals surface area contributed by atoms with Gasteiger partial charge in [-0.3, -0.25) is 0 Å². The molecule has 10 heavy (non-hydrogen) atoms. The van der Waals surface area contributed by atoms with Crippen LogP contribution in [0.15, 0.2) is 43.5 Å². The van der Waals surface area contributed by atoms with E-state index in [0.717, 1.165) is 0 Å². The summed E-state index contributed by atoms with van der Waals surface area (Å²) in [5, 5.41) is 0. The van der Waals surface area contributed by atoms with Crippen molar-refractivity contribution in [1.82, 2.24) is 0 Å². The van der Waals surface area contributed by atoms with E-state index in [2.05, 4.69) is 32.2 Å².